The van der Waals surface area contributed by atoms with Gasteiger partial charge in [0.2, 0.25) is 0 Å². The van der Waals surface area contributed by atoms with Crippen LogP contribution in [-0.4, -0.2) is 7.11 Å². The minimum Gasteiger partial charge on any atom is -0.493 e. The van der Waals surface area contributed by atoms with E-state index in [0.717, 1.165) is 21.3 Å². The van der Waals surface area contributed by atoms with Crippen molar-refractivity contribution in [3.8, 4) is 11.5 Å². The van der Waals surface area contributed by atoms with Gasteiger partial charge in [-0.05, 0) is 57.4 Å². The fourth-order valence-electron chi connectivity index (χ4n) is 2.56. The molecule has 6 heteroatoms. The van der Waals surface area contributed by atoms with Crippen LogP contribution in [0.5, 0.6) is 11.5 Å². The quantitative estimate of drug-likeness (QED) is 0.408. The van der Waals surface area contributed by atoms with Gasteiger partial charge in [-0.15, -0.1) is 0 Å². The van der Waals surface area contributed by atoms with Crippen molar-refractivity contribution >= 4 is 44.8 Å². The molecule has 0 fully saturated rings. The predicted octanol–water partition coefficient (Wildman–Crippen LogP) is 6.96. The van der Waals surface area contributed by atoms with Gasteiger partial charge < -0.3 is 14.8 Å². The fourth-order valence-corrected chi connectivity index (χ4v) is 3.46. The summed E-state index contributed by atoms with van der Waals surface area (Å²) in [5, 5.41) is 4.38. The third kappa shape index (κ3) is 5.32. The van der Waals surface area contributed by atoms with Crippen molar-refractivity contribution in [3.63, 3.8) is 0 Å². The minimum atomic E-state index is 0.469. The second-order valence-electron chi connectivity index (χ2n) is 5.87. The van der Waals surface area contributed by atoms with Gasteiger partial charge in [0, 0.05) is 12.2 Å². The molecule has 0 radical (unpaired) electrons. The second-order valence-corrected chi connectivity index (χ2v) is 7.53. The van der Waals surface area contributed by atoms with Crippen molar-refractivity contribution in [2.75, 3.05) is 12.4 Å². The number of hydrogen-bond acceptors (Lipinski definition) is 3. The predicted molar refractivity (Wildman–Crippen MR) is 115 cm³/mol. The maximum absolute atomic E-state index is 6.06. The average molecular weight is 467 g/mol. The van der Waals surface area contributed by atoms with Gasteiger partial charge in [-0.3, -0.25) is 0 Å². The van der Waals surface area contributed by atoms with E-state index in [-0.39, 0.29) is 0 Å². The van der Waals surface area contributed by atoms with Crippen LogP contribution in [0.2, 0.25) is 10.0 Å². The summed E-state index contributed by atoms with van der Waals surface area (Å²) in [4.78, 5) is 0. The number of anilines is 1. The molecular formula is C21H18BrCl2NO2. The largest absolute Gasteiger partial charge is 0.493 e. The molecule has 0 aliphatic carbocycles. The second kappa shape index (κ2) is 9.36. The molecule has 0 aliphatic heterocycles. The minimum absolute atomic E-state index is 0.469. The van der Waals surface area contributed by atoms with Crippen molar-refractivity contribution in [1.82, 2.24) is 0 Å². The number of methoxy groups -OCH3 is 1. The van der Waals surface area contributed by atoms with Crippen LogP contribution in [0.3, 0.4) is 0 Å². The van der Waals surface area contributed by atoms with Crippen molar-refractivity contribution in [1.29, 1.82) is 0 Å². The molecule has 0 unspecified atom stereocenters. The van der Waals surface area contributed by atoms with Crippen molar-refractivity contribution in [2.45, 2.75) is 13.2 Å². The Bertz CT molecular complexity index is 920. The molecule has 0 heterocycles. The van der Waals surface area contributed by atoms with E-state index < -0.39 is 0 Å². The average Bonchev–Trinajstić information content (AvgIpc) is 2.68. The highest BCUT2D eigenvalue weighted by Crippen LogP contribution is 2.37. The molecule has 3 nitrogen and oxygen atoms in total. The SMILES string of the molecule is COc1cc(CNc2ccc(Cl)c(Cl)c2)cc(Br)c1OCc1ccccc1. The van der Waals surface area contributed by atoms with E-state index in [1.54, 1.807) is 19.2 Å². The number of nitrogens with one attached hydrogen (secondary N) is 1. The van der Waals surface area contributed by atoms with E-state index in [4.69, 9.17) is 32.7 Å². The van der Waals surface area contributed by atoms with Crippen LogP contribution in [0.4, 0.5) is 5.69 Å². The molecule has 140 valence electrons. The summed E-state index contributed by atoms with van der Waals surface area (Å²) >= 11 is 15.6. The lowest BCUT2D eigenvalue weighted by Crippen LogP contribution is -2.03. The fraction of sp³-hybridized carbons (Fsp3) is 0.143. The first-order chi connectivity index (χ1) is 13.1. The van der Waals surface area contributed by atoms with Gasteiger partial charge in [0.05, 0.1) is 21.6 Å². The summed E-state index contributed by atoms with van der Waals surface area (Å²) in [5.74, 6) is 1.35. The van der Waals surface area contributed by atoms with Crippen LogP contribution in [0.1, 0.15) is 11.1 Å². The Morgan fingerprint density at radius 3 is 2.41 bits per heavy atom. The molecule has 0 aliphatic rings. The molecule has 1 N–H and O–H groups in total. The molecule has 0 aromatic heterocycles. The van der Waals surface area contributed by atoms with Gasteiger partial charge in [-0.2, -0.15) is 0 Å². The van der Waals surface area contributed by atoms with E-state index in [1.165, 1.54) is 0 Å². The third-order valence-corrected chi connectivity index (χ3v) is 5.26. The number of benzene rings is 3. The third-order valence-electron chi connectivity index (χ3n) is 3.93. The molecule has 0 saturated heterocycles. The summed E-state index contributed by atoms with van der Waals surface area (Å²) in [7, 11) is 1.63. The van der Waals surface area contributed by atoms with Crippen LogP contribution in [0.25, 0.3) is 0 Å². The summed E-state index contributed by atoms with van der Waals surface area (Å²) in [6.45, 7) is 1.07. The van der Waals surface area contributed by atoms with Gasteiger partial charge in [0.1, 0.15) is 6.61 Å². The summed E-state index contributed by atoms with van der Waals surface area (Å²) in [6, 6.07) is 19.4. The van der Waals surface area contributed by atoms with Crippen LogP contribution in [0.15, 0.2) is 65.1 Å². The molecule has 3 aromatic carbocycles. The van der Waals surface area contributed by atoms with Crippen LogP contribution >= 0.6 is 39.1 Å². The van der Waals surface area contributed by atoms with Crippen molar-refractivity contribution in [3.05, 3.63) is 86.3 Å². The number of ether oxygens (including phenoxy) is 2. The van der Waals surface area contributed by atoms with Crippen LogP contribution in [-0.2, 0) is 13.2 Å². The van der Waals surface area contributed by atoms with Gasteiger partial charge in [0.15, 0.2) is 11.5 Å². The van der Waals surface area contributed by atoms with Gasteiger partial charge in [-0.25, -0.2) is 0 Å². The number of halogens is 3. The van der Waals surface area contributed by atoms with Gasteiger partial charge in [-0.1, -0.05) is 53.5 Å². The van der Waals surface area contributed by atoms with E-state index in [2.05, 4.69) is 21.2 Å². The first kappa shape index (κ1) is 19.9. The maximum atomic E-state index is 6.06. The van der Waals surface area contributed by atoms with E-state index >= 15 is 0 Å². The Kier molecular flexibility index (Phi) is 6.89. The molecule has 0 bridgehead atoms. The Balaban J connectivity index is 1.72. The zero-order chi connectivity index (χ0) is 19.2. The highest BCUT2D eigenvalue weighted by Gasteiger charge is 2.12. The van der Waals surface area contributed by atoms with E-state index in [9.17, 15) is 0 Å². The number of hydrogen-bond donors (Lipinski definition) is 1. The molecule has 3 rings (SSSR count). The molecule has 3 aromatic rings. The zero-order valence-corrected chi connectivity index (χ0v) is 17.7. The monoisotopic (exact) mass is 465 g/mol. The van der Waals surface area contributed by atoms with Gasteiger partial charge >= 0.3 is 0 Å². The molecule has 0 spiro atoms. The van der Waals surface area contributed by atoms with Gasteiger partial charge in [0.25, 0.3) is 0 Å². The highest BCUT2D eigenvalue weighted by atomic mass is 79.9. The molecule has 0 amide bonds. The normalized spacial score (nSPS) is 10.5. The zero-order valence-electron chi connectivity index (χ0n) is 14.6. The number of rotatable bonds is 7. The summed E-state index contributed by atoms with van der Waals surface area (Å²) in [5.41, 5.74) is 3.03. The van der Waals surface area contributed by atoms with E-state index in [1.807, 2.05) is 48.5 Å². The Morgan fingerprint density at radius 2 is 1.70 bits per heavy atom. The lowest BCUT2D eigenvalue weighted by Gasteiger charge is -2.15. The lowest BCUT2D eigenvalue weighted by atomic mass is 10.2. The summed E-state index contributed by atoms with van der Waals surface area (Å²) in [6.07, 6.45) is 0. The smallest absolute Gasteiger partial charge is 0.175 e. The van der Waals surface area contributed by atoms with Crippen LogP contribution < -0.4 is 14.8 Å². The maximum Gasteiger partial charge on any atom is 0.175 e. The van der Waals surface area contributed by atoms with Crippen LogP contribution in [0, 0.1) is 0 Å². The van der Waals surface area contributed by atoms with Crippen molar-refractivity contribution < 1.29 is 9.47 Å². The molecular weight excluding hydrogens is 449 g/mol. The van der Waals surface area contributed by atoms with E-state index in [0.29, 0.717) is 34.7 Å². The molecule has 27 heavy (non-hydrogen) atoms. The summed E-state index contributed by atoms with van der Waals surface area (Å²) < 4.78 is 12.3. The Hall–Kier alpha value is -1.88. The Labute approximate surface area is 177 Å². The molecule has 0 saturated carbocycles. The lowest BCUT2D eigenvalue weighted by molar-refractivity contribution is 0.282. The highest BCUT2D eigenvalue weighted by molar-refractivity contribution is 9.10. The first-order valence-corrected chi connectivity index (χ1v) is 9.84. The topological polar surface area (TPSA) is 30.5 Å². The van der Waals surface area contributed by atoms with Crippen molar-refractivity contribution in [2.24, 2.45) is 0 Å². The first-order valence-electron chi connectivity index (χ1n) is 8.29. The molecule has 0 atom stereocenters. The Morgan fingerprint density at radius 1 is 0.926 bits per heavy atom. The standard InChI is InChI=1S/C21H18BrCl2NO2/c1-26-20-10-15(12-25-16-7-8-18(23)19(24)11-16)9-17(22)21(20)27-13-14-5-3-2-4-6-14/h2-11,25H,12-13H2,1H3.